The van der Waals surface area contributed by atoms with Crippen LogP contribution in [0.3, 0.4) is 0 Å². The zero-order valence-corrected chi connectivity index (χ0v) is 19.3. The van der Waals surface area contributed by atoms with Crippen molar-refractivity contribution in [2.24, 2.45) is 0 Å². The van der Waals surface area contributed by atoms with Crippen molar-refractivity contribution in [1.29, 1.82) is 5.26 Å². The number of aromatic nitrogens is 4. The van der Waals surface area contributed by atoms with Gasteiger partial charge in [0.05, 0.1) is 11.4 Å². The lowest BCUT2D eigenvalue weighted by Crippen LogP contribution is -2.34. The third-order valence-corrected chi connectivity index (χ3v) is 5.67. The molecule has 0 aliphatic rings. The van der Waals surface area contributed by atoms with Crippen LogP contribution in [0.1, 0.15) is 32.2 Å². The van der Waals surface area contributed by atoms with Gasteiger partial charge in [0.1, 0.15) is 11.7 Å². The summed E-state index contributed by atoms with van der Waals surface area (Å²) < 4.78 is 7.74. The SMILES string of the molecule is Cc1[nH]c2ccccc2c1-c1c(C#N)n(C(=O)OC(C)(C)C)c(=O)n1-c1c[nH]c2ccccc12. The summed E-state index contributed by atoms with van der Waals surface area (Å²) in [6.45, 7) is 7.02. The molecule has 3 aromatic heterocycles. The number of nitrogens with one attached hydrogen (secondary N) is 2. The molecular weight excluding hydrogens is 430 g/mol. The van der Waals surface area contributed by atoms with Crippen molar-refractivity contribution >= 4 is 27.9 Å². The van der Waals surface area contributed by atoms with Crippen molar-refractivity contribution in [3.8, 4) is 23.0 Å². The number of nitriles is 1. The molecule has 170 valence electrons. The van der Waals surface area contributed by atoms with Gasteiger partial charge in [-0.15, -0.1) is 0 Å². The highest BCUT2D eigenvalue weighted by molar-refractivity contribution is 5.99. The van der Waals surface area contributed by atoms with E-state index in [0.717, 1.165) is 32.1 Å². The van der Waals surface area contributed by atoms with Crippen LogP contribution in [0.15, 0.2) is 59.5 Å². The summed E-state index contributed by atoms with van der Waals surface area (Å²) >= 11 is 0. The van der Waals surface area contributed by atoms with Crippen LogP contribution in [0.4, 0.5) is 4.79 Å². The van der Waals surface area contributed by atoms with Crippen LogP contribution in [0.25, 0.3) is 38.8 Å². The van der Waals surface area contributed by atoms with Crippen molar-refractivity contribution < 1.29 is 9.53 Å². The van der Waals surface area contributed by atoms with E-state index < -0.39 is 17.4 Å². The monoisotopic (exact) mass is 453 g/mol. The maximum absolute atomic E-state index is 13.8. The second-order valence-electron chi connectivity index (χ2n) is 9.13. The molecule has 2 N–H and O–H groups in total. The lowest BCUT2D eigenvalue weighted by Gasteiger charge is -2.19. The number of fused-ring (bicyclic) bond motifs is 2. The second kappa shape index (κ2) is 7.52. The number of benzene rings is 2. The first-order valence-electron chi connectivity index (χ1n) is 10.9. The normalized spacial score (nSPS) is 11.7. The third-order valence-electron chi connectivity index (χ3n) is 5.67. The van der Waals surface area contributed by atoms with Gasteiger partial charge in [0.25, 0.3) is 0 Å². The van der Waals surface area contributed by atoms with Gasteiger partial charge in [-0.25, -0.2) is 9.59 Å². The summed E-state index contributed by atoms with van der Waals surface area (Å²) in [6.07, 6.45) is 0.812. The molecule has 2 aromatic carbocycles. The number of aromatic amines is 2. The minimum absolute atomic E-state index is 0.0858. The van der Waals surface area contributed by atoms with E-state index in [2.05, 4.69) is 16.0 Å². The first-order valence-corrected chi connectivity index (χ1v) is 10.9. The summed E-state index contributed by atoms with van der Waals surface area (Å²) in [5.41, 5.74) is 2.41. The van der Waals surface area contributed by atoms with Crippen molar-refractivity contribution in [1.82, 2.24) is 19.1 Å². The van der Waals surface area contributed by atoms with Gasteiger partial charge in [-0.05, 0) is 39.8 Å². The number of hydrogen-bond acceptors (Lipinski definition) is 4. The highest BCUT2D eigenvalue weighted by Crippen LogP contribution is 2.36. The van der Waals surface area contributed by atoms with Crippen molar-refractivity contribution in [3.63, 3.8) is 0 Å². The Hall–Kier alpha value is -4.51. The predicted molar refractivity (Wildman–Crippen MR) is 130 cm³/mol. The van der Waals surface area contributed by atoms with E-state index >= 15 is 0 Å². The maximum Gasteiger partial charge on any atom is 0.423 e. The average Bonchev–Trinajstić information content (AvgIpc) is 3.42. The molecule has 0 aliphatic carbocycles. The first-order chi connectivity index (χ1) is 16.2. The number of nitrogens with zero attached hydrogens (tertiary/aromatic N) is 3. The number of carbonyl (C=O) groups excluding carboxylic acids is 1. The van der Waals surface area contributed by atoms with Crippen LogP contribution < -0.4 is 5.69 Å². The molecule has 8 heteroatoms. The Morgan fingerprint density at radius 2 is 1.68 bits per heavy atom. The first kappa shape index (κ1) is 21.3. The number of ether oxygens (including phenoxy) is 1. The van der Waals surface area contributed by atoms with E-state index in [1.165, 1.54) is 4.57 Å². The largest absolute Gasteiger partial charge is 0.443 e. The molecule has 0 fully saturated rings. The average molecular weight is 454 g/mol. The van der Waals surface area contributed by atoms with E-state index in [4.69, 9.17) is 4.74 Å². The Bertz CT molecular complexity index is 1680. The number of carbonyl (C=O) groups is 1. The topological polar surface area (TPSA) is 109 Å². The molecule has 8 nitrogen and oxygen atoms in total. The molecule has 3 heterocycles. The van der Waals surface area contributed by atoms with E-state index in [1.54, 1.807) is 27.0 Å². The van der Waals surface area contributed by atoms with Gasteiger partial charge in [-0.3, -0.25) is 4.57 Å². The lowest BCUT2D eigenvalue weighted by molar-refractivity contribution is 0.0529. The van der Waals surface area contributed by atoms with Gasteiger partial charge in [0, 0.05) is 39.3 Å². The fraction of sp³-hybridized carbons (Fsp3) is 0.192. The highest BCUT2D eigenvalue weighted by Gasteiger charge is 2.31. The molecule has 0 bridgehead atoms. The molecule has 5 rings (SSSR count). The molecule has 0 amide bonds. The Balaban J connectivity index is 1.93. The Morgan fingerprint density at radius 3 is 2.35 bits per heavy atom. The summed E-state index contributed by atoms with van der Waals surface area (Å²) in [7, 11) is 0. The van der Waals surface area contributed by atoms with Gasteiger partial charge in [-0.1, -0.05) is 36.4 Å². The standard InChI is InChI=1S/C26H23N5O3/c1-15-22(17-10-6-8-12-19(17)29-15)23-20(13-27)31(25(33)34-26(2,3)4)24(32)30(23)21-14-28-18-11-7-5-9-16(18)21/h5-12,14,28-29H,1-4H3. The minimum Gasteiger partial charge on any atom is -0.443 e. The van der Waals surface area contributed by atoms with Crippen LogP contribution in [0.2, 0.25) is 0 Å². The van der Waals surface area contributed by atoms with E-state index in [9.17, 15) is 14.9 Å². The Morgan fingerprint density at radius 1 is 1.03 bits per heavy atom. The molecule has 0 radical (unpaired) electrons. The molecule has 0 unspecified atom stereocenters. The maximum atomic E-state index is 13.8. The van der Waals surface area contributed by atoms with E-state index in [1.807, 2.05) is 55.5 Å². The van der Waals surface area contributed by atoms with E-state index in [0.29, 0.717) is 16.9 Å². The van der Waals surface area contributed by atoms with Crippen LogP contribution >= 0.6 is 0 Å². The summed E-state index contributed by atoms with van der Waals surface area (Å²) in [6, 6.07) is 17.3. The summed E-state index contributed by atoms with van der Waals surface area (Å²) in [4.78, 5) is 33.5. The molecule has 34 heavy (non-hydrogen) atoms. The number of rotatable bonds is 2. The fourth-order valence-electron chi connectivity index (χ4n) is 4.36. The summed E-state index contributed by atoms with van der Waals surface area (Å²) in [5, 5.41) is 11.8. The number of hydrogen-bond donors (Lipinski definition) is 2. The predicted octanol–water partition coefficient (Wildman–Crippen LogP) is 5.23. The lowest BCUT2D eigenvalue weighted by atomic mass is 10.1. The van der Waals surface area contributed by atoms with E-state index in [-0.39, 0.29) is 5.69 Å². The van der Waals surface area contributed by atoms with Crippen LogP contribution in [0, 0.1) is 18.3 Å². The van der Waals surface area contributed by atoms with Crippen molar-refractivity contribution in [2.45, 2.75) is 33.3 Å². The van der Waals surface area contributed by atoms with Gasteiger partial charge < -0.3 is 14.7 Å². The van der Waals surface area contributed by atoms with Crippen molar-refractivity contribution in [2.75, 3.05) is 0 Å². The quantitative estimate of drug-likeness (QED) is 0.381. The van der Waals surface area contributed by atoms with Crippen LogP contribution in [-0.4, -0.2) is 30.8 Å². The summed E-state index contributed by atoms with van der Waals surface area (Å²) in [5.74, 6) is 0. The number of para-hydroxylation sites is 2. The Kier molecular flexibility index (Phi) is 4.72. The van der Waals surface area contributed by atoms with Crippen LogP contribution in [0.5, 0.6) is 0 Å². The van der Waals surface area contributed by atoms with Gasteiger partial charge in [0.15, 0.2) is 5.69 Å². The molecule has 0 atom stereocenters. The highest BCUT2D eigenvalue weighted by atomic mass is 16.6. The smallest absolute Gasteiger partial charge is 0.423 e. The number of aryl methyl sites for hydroxylation is 1. The zero-order valence-electron chi connectivity index (χ0n) is 19.3. The molecule has 0 saturated carbocycles. The number of imidazole rings is 1. The minimum atomic E-state index is -0.897. The molecule has 5 aromatic rings. The Labute approximate surface area is 195 Å². The van der Waals surface area contributed by atoms with Gasteiger partial charge >= 0.3 is 11.8 Å². The molecule has 0 spiro atoms. The van der Waals surface area contributed by atoms with Gasteiger partial charge in [-0.2, -0.15) is 9.83 Å². The second-order valence-corrected chi connectivity index (χ2v) is 9.13. The molecule has 0 saturated heterocycles. The fourth-order valence-corrected chi connectivity index (χ4v) is 4.36. The van der Waals surface area contributed by atoms with Crippen molar-refractivity contribution in [3.05, 3.63) is 76.6 Å². The number of H-pyrrole nitrogens is 2. The molecular formula is C26H23N5O3. The zero-order chi connectivity index (χ0) is 24.2. The molecule has 0 aliphatic heterocycles. The van der Waals surface area contributed by atoms with Crippen LogP contribution in [-0.2, 0) is 4.74 Å². The third kappa shape index (κ3) is 3.21. The van der Waals surface area contributed by atoms with Gasteiger partial charge in [0.2, 0.25) is 0 Å².